The predicted octanol–water partition coefficient (Wildman–Crippen LogP) is 11.4. The molecular formula is C44H24N4O. The molecule has 0 aliphatic heterocycles. The van der Waals surface area contributed by atoms with Gasteiger partial charge in [-0.2, -0.15) is 0 Å². The fraction of sp³-hybridized carbons (Fsp3) is 0. The molecule has 0 fully saturated rings. The molecule has 7 aromatic carbocycles. The highest BCUT2D eigenvalue weighted by Gasteiger charge is 2.27. The van der Waals surface area contributed by atoms with Gasteiger partial charge in [-0.3, -0.25) is 4.57 Å². The third kappa shape index (κ3) is 3.10. The molecule has 226 valence electrons. The summed E-state index contributed by atoms with van der Waals surface area (Å²) in [5.74, 6) is 0.621. The zero-order valence-electron chi connectivity index (χ0n) is 26.1. The molecule has 5 heteroatoms. The summed E-state index contributed by atoms with van der Waals surface area (Å²) in [5.41, 5.74) is 9.91. The molecule has 12 rings (SSSR count). The molecule has 12 aromatic rings. The van der Waals surface area contributed by atoms with Crippen LogP contribution in [0.2, 0.25) is 0 Å². The van der Waals surface area contributed by atoms with E-state index < -0.39 is 0 Å². The third-order valence-electron chi connectivity index (χ3n) is 10.4. The molecule has 0 aliphatic rings. The second kappa shape index (κ2) is 9.00. The summed E-state index contributed by atoms with van der Waals surface area (Å²) in [6, 6.07) is 51.5. The summed E-state index contributed by atoms with van der Waals surface area (Å²) in [6.07, 6.45) is 0. The number of aromatic nitrogens is 4. The van der Waals surface area contributed by atoms with Crippen molar-refractivity contribution in [1.29, 1.82) is 0 Å². The van der Waals surface area contributed by atoms with Crippen LogP contribution in [0, 0.1) is 0 Å². The average molecular weight is 625 g/mol. The van der Waals surface area contributed by atoms with Crippen LogP contribution in [-0.2, 0) is 0 Å². The van der Waals surface area contributed by atoms with Crippen LogP contribution >= 0.6 is 0 Å². The van der Waals surface area contributed by atoms with Crippen LogP contribution in [-0.4, -0.2) is 18.9 Å². The number of rotatable bonds is 2. The van der Waals surface area contributed by atoms with Crippen molar-refractivity contribution in [2.45, 2.75) is 0 Å². The molecule has 0 amide bonds. The minimum Gasteiger partial charge on any atom is -0.452 e. The van der Waals surface area contributed by atoms with Crippen LogP contribution in [0.5, 0.6) is 0 Å². The predicted molar refractivity (Wildman–Crippen MR) is 201 cm³/mol. The largest absolute Gasteiger partial charge is 0.452 e. The van der Waals surface area contributed by atoms with Gasteiger partial charge in [-0.25, -0.2) is 9.97 Å². The van der Waals surface area contributed by atoms with E-state index in [1.54, 1.807) is 0 Å². The third-order valence-corrected chi connectivity index (χ3v) is 10.4. The topological polar surface area (TPSA) is 48.3 Å². The van der Waals surface area contributed by atoms with Crippen molar-refractivity contribution >= 4 is 92.7 Å². The van der Waals surface area contributed by atoms with Gasteiger partial charge in [-0.1, -0.05) is 121 Å². The molecule has 0 saturated carbocycles. The van der Waals surface area contributed by atoms with Gasteiger partial charge in [0.2, 0.25) is 5.95 Å². The van der Waals surface area contributed by atoms with E-state index in [9.17, 15) is 0 Å². The van der Waals surface area contributed by atoms with E-state index in [2.05, 4.69) is 118 Å². The number of para-hydroxylation sites is 4. The van der Waals surface area contributed by atoms with Crippen LogP contribution in [0.4, 0.5) is 0 Å². The number of furan rings is 1. The number of benzene rings is 7. The quantitative estimate of drug-likeness (QED) is 0.192. The van der Waals surface area contributed by atoms with E-state index in [0.29, 0.717) is 11.5 Å². The first-order valence-corrected chi connectivity index (χ1v) is 16.6. The lowest BCUT2D eigenvalue weighted by molar-refractivity contribution is 0.666. The van der Waals surface area contributed by atoms with Gasteiger partial charge in [0.1, 0.15) is 16.8 Å². The zero-order chi connectivity index (χ0) is 31.8. The summed E-state index contributed by atoms with van der Waals surface area (Å²) < 4.78 is 11.3. The highest BCUT2D eigenvalue weighted by molar-refractivity contribution is 6.39. The highest BCUT2D eigenvalue weighted by atomic mass is 16.3. The van der Waals surface area contributed by atoms with Crippen LogP contribution in [0.25, 0.3) is 110 Å². The Balaban J connectivity index is 1.37. The van der Waals surface area contributed by atoms with Crippen LogP contribution in [0.1, 0.15) is 0 Å². The Labute approximate surface area is 278 Å². The summed E-state index contributed by atoms with van der Waals surface area (Å²) in [5, 5.41) is 10.8. The Hall–Kier alpha value is -6.72. The summed E-state index contributed by atoms with van der Waals surface area (Å²) >= 11 is 0. The van der Waals surface area contributed by atoms with Gasteiger partial charge in [0, 0.05) is 48.7 Å². The molecule has 0 bridgehead atoms. The maximum Gasteiger partial charge on any atom is 0.236 e. The molecule has 5 aromatic heterocycles. The molecule has 0 N–H and O–H groups in total. The second-order valence-electron chi connectivity index (χ2n) is 12.9. The molecule has 0 unspecified atom stereocenters. The Morgan fingerprint density at radius 2 is 1.06 bits per heavy atom. The number of nitrogens with zero attached hydrogens (tertiary/aromatic N) is 4. The van der Waals surface area contributed by atoms with Crippen molar-refractivity contribution in [3.63, 3.8) is 0 Å². The van der Waals surface area contributed by atoms with Crippen molar-refractivity contribution in [3.05, 3.63) is 146 Å². The first-order valence-electron chi connectivity index (χ1n) is 16.6. The van der Waals surface area contributed by atoms with E-state index in [1.807, 2.05) is 36.4 Å². The van der Waals surface area contributed by atoms with Crippen LogP contribution in [0.3, 0.4) is 0 Å². The number of hydrogen-bond donors (Lipinski definition) is 0. The lowest BCUT2D eigenvalue weighted by Gasteiger charge is -2.11. The smallest absolute Gasteiger partial charge is 0.236 e. The standard InChI is InChI=1S/C44H24N4O/c1-2-13-25(14-3-1)38-43-39(31-19-8-11-24-35(31)49-43)46-44(45-38)48-34-23-10-7-18-30(34)36-27-16-4-5-17-29(27)41-37(42(36)48)32-21-12-20-28-26-15-6-9-22-33(26)47(41)40(28)32/h1-24H. The molecule has 49 heavy (non-hydrogen) atoms. The van der Waals surface area contributed by atoms with E-state index in [0.717, 1.165) is 38.8 Å². The van der Waals surface area contributed by atoms with Crippen LogP contribution in [0.15, 0.2) is 150 Å². The summed E-state index contributed by atoms with van der Waals surface area (Å²) in [4.78, 5) is 10.8. The average Bonchev–Trinajstić information content (AvgIpc) is 3.91. The molecule has 5 nitrogen and oxygen atoms in total. The van der Waals surface area contributed by atoms with Crippen molar-refractivity contribution in [2.24, 2.45) is 0 Å². The van der Waals surface area contributed by atoms with E-state index >= 15 is 0 Å². The number of fused-ring (bicyclic) bond motifs is 16. The van der Waals surface area contributed by atoms with Gasteiger partial charge in [0.25, 0.3) is 0 Å². The van der Waals surface area contributed by atoms with Crippen molar-refractivity contribution in [3.8, 4) is 17.2 Å². The number of hydrogen-bond acceptors (Lipinski definition) is 3. The zero-order valence-corrected chi connectivity index (χ0v) is 26.1. The van der Waals surface area contributed by atoms with E-state index in [1.165, 1.54) is 59.6 Å². The first-order chi connectivity index (χ1) is 24.3. The Morgan fingerprint density at radius 3 is 1.92 bits per heavy atom. The first kappa shape index (κ1) is 25.4. The second-order valence-corrected chi connectivity index (χ2v) is 12.9. The van der Waals surface area contributed by atoms with Crippen LogP contribution < -0.4 is 0 Å². The SMILES string of the molecule is c1ccc(-c2nc(-n3c4ccccc4c4c5ccccc5c5c(c6cccc7c8ccccc8n5c76)c43)nc3c2oc2ccccc23)cc1. The van der Waals surface area contributed by atoms with E-state index in [4.69, 9.17) is 14.4 Å². The lowest BCUT2D eigenvalue weighted by atomic mass is 9.98. The molecule has 0 atom stereocenters. The molecular weight excluding hydrogens is 601 g/mol. The molecule has 0 aliphatic carbocycles. The fourth-order valence-corrected chi connectivity index (χ4v) is 8.52. The normalized spacial score (nSPS) is 12.5. The van der Waals surface area contributed by atoms with Gasteiger partial charge in [0.15, 0.2) is 5.58 Å². The van der Waals surface area contributed by atoms with Gasteiger partial charge in [-0.05, 0) is 29.7 Å². The lowest BCUT2D eigenvalue weighted by Crippen LogP contribution is -2.03. The van der Waals surface area contributed by atoms with Crippen molar-refractivity contribution in [1.82, 2.24) is 18.9 Å². The van der Waals surface area contributed by atoms with Gasteiger partial charge in [0.05, 0.1) is 27.6 Å². The van der Waals surface area contributed by atoms with Crippen molar-refractivity contribution in [2.75, 3.05) is 0 Å². The Morgan fingerprint density at radius 1 is 0.429 bits per heavy atom. The monoisotopic (exact) mass is 624 g/mol. The minimum atomic E-state index is 0.621. The Kier molecular flexibility index (Phi) is 4.66. The summed E-state index contributed by atoms with van der Waals surface area (Å²) in [6.45, 7) is 0. The minimum absolute atomic E-state index is 0.621. The highest BCUT2D eigenvalue weighted by Crippen LogP contribution is 2.48. The fourth-order valence-electron chi connectivity index (χ4n) is 8.52. The molecule has 0 spiro atoms. The van der Waals surface area contributed by atoms with Crippen molar-refractivity contribution < 1.29 is 4.42 Å². The summed E-state index contributed by atoms with van der Waals surface area (Å²) in [7, 11) is 0. The maximum atomic E-state index is 6.49. The van der Waals surface area contributed by atoms with Gasteiger partial charge < -0.3 is 8.82 Å². The molecule has 0 saturated heterocycles. The van der Waals surface area contributed by atoms with Gasteiger partial charge >= 0.3 is 0 Å². The van der Waals surface area contributed by atoms with Gasteiger partial charge in [-0.15, -0.1) is 0 Å². The Bertz CT molecular complexity index is 3330. The molecule has 5 heterocycles. The molecule has 0 radical (unpaired) electrons. The van der Waals surface area contributed by atoms with E-state index in [-0.39, 0.29) is 0 Å². The maximum absolute atomic E-state index is 6.49.